The van der Waals surface area contributed by atoms with E-state index < -0.39 is 17.7 Å². The normalized spacial score (nSPS) is 23.7. The van der Waals surface area contributed by atoms with Crippen LogP contribution >= 0.6 is 0 Å². The predicted molar refractivity (Wildman–Crippen MR) is 114 cm³/mol. The first kappa shape index (κ1) is 20.1. The van der Waals surface area contributed by atoms with E-state index in [0.717, 1.165) is 11.4 Å². The Labute approximate surface area is 175 Å². The number of allylic oxidation sites excluding steroid dienone is 2. The van der Waals surface area contributed by atoms with Crippen molar-refractivity contribution in [1.82, 2.24) is 4.98 Å². The Morgan fingerprint density at radius 3 is 2.63 bits per heavy atom. The van der Waals surface area contributed by atoms with Gasteiger partial charge in [0.05, 0.1) is 5.92 Å². The van der Waals surface area contributed by atoms with Crippen LogP contribution in [0.15, 0.2) is 58.7 Å². The standard InChI is InChI=1S/C24H24FN3O2/c1-13-10-18-23(19(29)11-13)22(16-7-5-8-17(25)12-16)21(15(3)27-18)24(30)28-20-9-4-6-14(2)26-20/h4-9,12-13,21-22H,10-11H2,1-3H3,(H,26,28,30)/t13-,21?,22-/m0/s1. The molecule has 1 aliphatic heterocycles. The molecule has 1 N–H and O–H groups in total. The van der Waals surface area contributed by atoms with Crippen LogP contribution in [0.5, 0.6) is 0 Å². The first-order chi connectivity index (χ1) is 14.3. The fourth-order valence-electron chi connectivity index (χ4n) is 4.47. The van der Waals surface area contributed by atoms with E-state index in [4.69, 9.17) is 0 Å². The van der Waals surface area contributed by atoms with Crippen LogP contribution in [-0.4, -0.2) is 22.4 Å². The van der Waals surface area contributed by atoms with Gasteiger partial charge in [-0.2, -0.15) is 0 Å². The summed E-state index contributed by atoms with van der Waals surface area (Å²) in [6.07, 6.45) is 1.09. The lowest BCUT2D eigenvalue weighted by Gasteiger charge is -2.36. The largest absolute Gasteiger partial charge is 0.310 e. The number of aryl methyl sites for hydroxylation is 1. The summed E-state index contributed by atoms with van der Waals surface area (Å²) in [7, 11) is 0. The molecule has 1 amide bonds. The number of rotatable bonds is 3. The van der Waals surface area contributed by atoms with Crippen LogP contribution < -0.4 is 5.32 Å². The Morgan fingerprint density at radius 2 is 1.90 bits per heavy atom. The maximum Gasteiger partial charge on any atom is 0.235 e. The molecule has 0 spiro atoms. The summed E-state index contributed by atoms with van der Waals surface area (Å²) in [6, 6.07) is 11.5. The molecule has 154 valence electrons. The number of nitrogens with one attached hydrogen (secondary N) is 1. The molecule has 1 aliphatic carbocycles. The van der Waals surface area contributed by atoms with Crippen LogP contribution in [0, 0.1) is 24.6 Å². The lowest BCUT2D eigenvalue weighted by atomic mass is 9.70. The molecule has 4 rings (SSSR count). The van der Waals surface area contributed by atoms with Crippen LogP contribution in [-0.2, 0) is 9.59 Å². The molecule has 0 saturated heterocycles. The number of carbonyl (C=O) groups excluding carboxylic acids is 2. The van der Waals surface area contributed by atoms with E-state index in [1.165, 1.54) is 12.1 Å². The predicted octanol–water partition coefficient (Wildman–Crippen LogP) is 4.60. The number of pyridine rings is 1. The molecule has 0 bridgehead atoms. The first-order valence-corrected chi connectivity index (χ1v) is 10.1. The highest BCUT2D eigenvalue weighted by molar-refractivity contribution is 6.13. The van der Waals surface area contributed by atoms with E-state index in [1.54, 1.807) is 25.1 Å². The molecule has 0 fully saturated rings. The van der Waals surface area contributed by atoms with Gasteiger partial charge in [0.25, 0.3) is 0 Å². The van der Waals surface area contributed by atoms with E-state index >= 15 is 0 Å². The summed E-state index contributed by atoms with van der Waals surface area (Å²) >= 11 is 0. The van der Waals surface area contributed by atoms with Crippen molar-refractivity contribution in [2.24, 2.45) is 16.8 Å². The summed E-state index contributed by atoms with van der Waals surface area (Å²) in [5.74, 6) is -1.37. The Kier molecular flexibility index (Phi) is 5.33. The van der Waals surface area contributed by atoms with Gasteiger partial charge in [-0.05, 0) is 56.0 Å². The maximum atomic E-state index is 14.1. The van der Waals surface area contributed by atoms with Gasteiger partial charge in [-0.15, -0.1) is 0 Å². The molecule has 6 heteroatoms. The molecule has 2 heterocycles. The van der Waals surface area contributed by atoms with E-state index in [1.807, 2.05) is 26.0 Å². The quantitative estimate of drug-likeness (QED) is 0.812. The van der Waals surface area contributed by atoms with Crippen molar-refractivity contribution in [1.29, 1.82) is 0 Å². The fourth-order valence-corrected chi connectivity index (χ4v) is 4.47. The summed E-state index contributed by atoms with van der Waals surface area (Å²) in [6.45, 7) is 5.66. The minimum absolute atomic E-state index is 0.0132. The molecule has 0 saturated carbocycles. The van der Waals surface area contributed by atoms with Crippen molar-refractivity contribution in [2.45, 2.75) is 39.5 Å². The van der Waals surface area contributed by atoms with Crippen LogP contribution in [0.25, 0.3) is 0 Å². The van der Waals surface area contributed by atoms with Crippen molar-refractivity contribution in [3.05, 3.63) is 70.8 Å². The van der Waals surface area contributed by atoms with Crippen molar-refractivity contribution >= 4 is 23.2 Å². The Morgan fingerprint density at radius 1 is 1.13 bits per heavy atom. The minimum atomic E-state index is -0.717. The minimum Gasteiger partial charge on any atom is -0.310 e. The van der Waals surface area contributed by atoms with Crippen molar-refractivity contribution in [3.63, 3.8) is 0 Å². The third kappa shape index (κ3) is 3.82. The number of benzene rings is 1. The number of Topliss-reactive ketones (excluding diaryl/α,β-unsaturated/α-hetero) is 1. The summed E-state index contributed by atoms with van der Waals surface area (Å²) in [4.78, 5) is 35.4. The molecule has 2 aliphatic rings. The van der Waals surface area contributed by atoms with Gasteiger partial charge in [0.15, 0.2) is 5.78 Å². The smallest absolute Gasteiger partial charge is 0.235 e. The summed E-state index contributed by atoms with van der Waals surface area (Å²) in [5, 5.41) is 2.86. The topological polar surface area (TPSA) is 71.4 Å². The lowest BCUT2D eigenvalue weighted by Crippen LogP contribution is -2.40. The highest BCUT2D eigenvalue weighted by atomic mass is 19.1. The average molecular weight is 405 g/mol. The molecule has 2 aromatic rings. The molecule has 30 heavy (non-hydrogen) atoms. The highest BCUT2D eigenvalue weighted by Gasteiger charge is 2.43. The number of aliphatic imine (C=N–C) groups is 1. The number of nitrogens with zero attached hydrogens (tertiary/aromatic N) is 2. The first-order valence-electron chi connectivity index (χ1n) is 10.1. The molecule has 1 aromatic heterocycles. The lowest BCUT2D eigenvalue weighted by molar-refractivity contribution is -0.119. The van der Waals surface area contributed by atoms with Gasteiger partial charge in [-0.3, -0.25) is 14.6 Å². The van der Waals surface area contributed by atoms with Gasteiger partial charge < -0.3 is 5.32 Å². The van der Waals surface area contributed by atoms with E-state index in [9.17, 15) is 14.0 Å². The third-order valence-electron chi connectivity index (χ3n) is 5.72. The van der Waals surface area contributed by atoms with E-state index in [2.05, 4.69) is 15.3 Å². The second-order valence-corrected chi connectivity index (χ2v) is 8.21. The van der Waals surface area contributed by atoms with Gasteiger partial charge in [0.2, 0.25) is 5.91 Å². The number of ketones is 1. The molecular formula is C24H24FN3O2. The molecule has 0 radical (unpaired) electrons. The van der Waals surface area contributed by atoms with Crippen molar-refractivity contribution < 1.29 is 14.0 Å². The molecule has 1 unspecified atom stereocenters. The third-order valence-corrected chi connectivity index (χ3v) is 5.72. The number of hydrogen-bond acceptors (Lipinski definition) is 4. The molecule has 3 atom stereocenters. The zero-order valence-corrected chi connectivity index (χ0v) is 17.3. The average Bonchev–Trinajstić information content (AvgIpc) is 2.66. The highest BCUT2D eigenvalue weighted by Crippen LogP contribution is 2.44. The maximum absolute atomic E-state index is 14.1. The number of amides is 1. The molecule has 1 aromatic carbocycles. The molecule has 5 nitrogen and oxygen atoms in total. The summed E-state index contributed by atoms with van der Waals surface area (Å²) < 4.78 is 14.1. The Hall–Kier alpha value is -3.15. The number of anilines is 1. The van der Waals surface area contributed by atoms with E-state index in [0.29, 0.717) is 35.5 Å². The SMILES string of the molecule is CC1=NC2=C(C(=O)C[C@@H](C)C2)[C@@H](c2cccc(F)c2)C1C(=O)Nc1cccc(C)n1. The number of halogens is 1. The van der Waals surface area contributed by atoms with Gasteiger partial charge in [-0.25, -0.2) is 9.37 Å². The number of hydrogen-bond donors (Lipinski definition) is 1. The van der Waals surface area contributed by atoms with Crippen LogP contribution in [0.2, 0.25) is 0 Å². The van der Waals surface area contributed by atoms with Crippen molar-refractivity contribution in [3.8, 4) is 0 Å². The monoisotopic (exact) mass is 405 g/mol. The zero-order valence-electron chi connectivity index (χ0n) is 17.3. The van der Waals surface area contributed by atoms with E-state index in [-0.39, 0.29) is 17.6 Å². The van der Waals surface area contributed by atoms with Gasteiger partial charge in [0, 0.05) is 35.0 Å². The summed E-state index contributed by atoms with van der Waals surface area (Å²) in [5.41, 5.74) is 3.28. The number of carbonyl (C=O) groups is 2. The second kappa shape index (κ2) is 7.94. The van der Waals surface area contributed by atoms with Gasteiger partial charge in [0.1, 0.15) is 11.6 Å². The van der Waals surface area contributed by atoms with Gasteiger partial charge >= 0.3 is 0 Å². The van der Waals surface area contributed by atoms with Crippen LogP contribution in [0.4, 0.5) is 10.2 Å². The second-order valence-electron chi connectivity index (χ2n) is 8.21. The Bertz CT molecular complexity index is 1090. The van der Waals surface area contributed by atoms with Gasteiger partial charge in [-0.1, -0.05) is 25.1 Å². The zero-order chi connectivity index (χ0) is 21.4. The Balaban J connectivity index is 1.79. The number of aromatic nitrogens is 1. The van der Waals surface area contributed by atoms with Crippen LogP contribution in [0.3, 0.4) is 0 Å². The van der Waals surface area contributed by atoms with Crippen molar-refractivity contribution in [2.75, 3.05) is 5.32 Å². The van der Waals surface area contributed by atoms with Crippen LogP contribution in [0.1, 0.15) is 43.9 Å². The fraction of sp³-hybridized carbons (Fsp3) is 0.333. The molecular weight excluding hydrogens is 381 g/mol.